The number of hydrogen-bond donors (Lipinski definition) is 1. The molecule has 0 saturated heterocycles. The van der Waals surface area contributed by atoms with Crippen LogP contribution in [0, 0.1) is 0 Å². The summed E-state index contributed by atoms with van der Waals surface area (Å²) in [6.45, 7) is 6.06. The Hall–Kier alpha value is -1.27. The molecule has 108 valence electrons. The van der Waals surface area contributed by atoms with Gasteiger partial charge in [0.05, 0.1) is 29.8 Å². The number of para-hydroxylation sites is 2. The molecule has 6 heteroatoms. The van der Waals surface area contributed by atoms with E-state index in [0.717, 1.165) is 0 Å². The first kappa shape index (κ1) is 15.8. The van der Waals surface area contributed by atoms with E-state index in [-0.39, 0.29) is 18.5 Å². The Bertz CT molecular complexity index is 500. The van der Waals surface area contributed by atoms with Crippen molar-refractivity contribution in [2.75, 3.05) is 28.9 Å². The molecule has 0 saturated carbocycles. The number of sulfonamides is 1. The maximum absolute atomic E-state index is 12.3. The van der Waals surface area contributed by atoms with E-state index in [0.29, 0.717) is 17.9 Å². The Morgan fingerprint density at radius 1 is 1.32 bits per heavy atom. The number of anilines is 2. The molecule has 0 aromatic heterocycles. The van der Waals surface area contributed by atoms with Gasteiger partial charge in [0.15, 0.2) is 0 Å². The zero-order chi connectivity index (χ0) is 14.5. The fraction of sp³-hybridized carbons (Fsp3) is 0.538. The third kappa shape index (κ3) is 4.40. The maximum Gasteiger partial charge on any atom is 0.237 e. The molecule has 19 heavy (non-hydrogen) atoms. The molecule has 1 aromatic carbocycles. The van der Waals surface area contributed by atoms with Crippen molar-refractivity contribution in [1.82, 2.24) is 0 Å². The molecule has 5 nitrogen and oxygen atoms in total. The number of benzene rings is 1. The van der Waals surface area contributed by atoms with Gasteiger partial charge >= 0.3 is 0 Å². The van der Waals surface area contributed by atoms with Gasteiger partial charge in [0, 0.05) is 6.54 Å². The van der Waals surface area contributed by atoms with E-state index in [1.54, 1.807) is 31.2 Å². The standard InChI is InChI=1S/C13H22N2O3S/c1-4-15(13-8-6-5-7-12(13)14)19(16,17)10-9-18-11(2)3/h5-8,11H,4,9-10,14H2,1-3H3. The summed E-state index contributed by atoms with van der Waals surface area (Å²) in [5.41, 5.74) is 6.81. The second-order valence-electron chi connectivity index (χ2n) is 4.46. The molecule has 0 spiro atoms. The van der Waals surface area contributed by atoms with E-state index in [4.69, 9.17) is 10.5 Å². The first-order valence-electron chi connectivity index (χ1n) is 6.35. The highest BCUT2D eigenvalue weighted by atomic mass is 32.2. The number of ether oxygens (including phenoxy) is 1. The zero-order valence-electron chi connectivity index (χ0n) is 11.7. The highest BCUT2D eigenvalue weighted by Gasteiger charge is 2.22. The fourth-order valence-corrected chi connectivity index (χ4v) is 3.12. The summed E-state index contributed by atoms with van der Waals surface area (Å²) in [4.78, 5) is 0. The molecule has 0 aliphatic carbocycles. The van der Waals surface area contributed by atoms with Crippen LogP contribution in [0.1, 0.15) is 20.8 Å². The van der Waals surface area contributed by atoms with Gasteiger partial charge in [-0.1, -0.05) is 12.1 Å². The Morgan fingerprint density at radius 2 is 1.95 bits per heavy atom. The third-order valence-electron chi connectivity index (χ3n) is 2.62. The number of rotatable bonds is 7. The van der Waals surface area contributed by atoms with E-state index in [1.807, 2.05) is 13.8 Å². The molecule has 0 radical (unpaired) electrons. The quantitative estimate of drug-likeness (QED) is 0.776. The molecule has 0 aliphatic heterocycles. The van der Waals surface area contributed by atoms with Crippen LogP contribution in [0.15, 0.2) is 24.3 Å². The van der Waals surface area contributed by atoms with Gasteiger partial charge in [-0.2, -0.15) is 0 Å². The van der Waals surface area contributed by atoms with Crippen molar-refractivity contribution >= 4 is 21.4 Å². The van der Waals surface area contributed by atoms with E-state index >= 15 is 0 Å². The summed E-state index contributed by atoms with van der Waals surface area (Å²) >= 11 is 0. The van der Waals surface area contributed by atoms with Gasteiger partial charge in [-0.05, 0) is 32.9 Å². The first-order valence-corrected chi connectivity index (χ1v) is 7.96. The zero-order valence-corrected chi connectivity index (χ0v) is 12.5. The summed E-state index contributed by atoms with van der Waals surface area (Å²) < 4.78 is 31.2. The van der Waals surface area contributed by atoms with Crippen LogP contribution in [0.2, 0.25) is 0 Å². The highest BCUT2D eigenvalue weighted by Crippen LogP contribution is 2.25. The second kappa shape index (κ2) is 6.77. The van der Waals surface area contributed by atoms with E-state index < -0.39 is 10.0 Å². The number of nitrogen functional groups attached to an aromatic ring is 1. The number of hydrogen-bond acceptors (Lipinski definition) is 4. The molecule has 0 amide bonds. The van der Waals surface area contributed by atoms with Gasteiger partial charge in [0.1, 0.15) is 0 Å². The fourth-order valence-electron chi connectivity index (χ4n) is 1.73. The molecule has 0 fully saturated rings. The summed E-state index contributed by atoms with van der Waals surface area (Å²) in [6.07, 6.45) is 0.0204. The number of nitrogens with zero attached hydrogens (tertiary/aromatic N) is 1. The van der Waals surface area contributed by atoms with Crippen LogP contribution >= 0.6 is 0 Å². The third-order valence-corrected chi connectivity index (χ3v) is 4.43. The molecule has 0 atom stereocenters. The van der Waals surface area contributed by atoms with Crippen molar-refractivity contribution in [3.63, 3.8) is 0 Å². The van der Waals surface area contributed by atoms with E-state index in [9.17, 15) is 8.42 Å². The Balaban J connectivity index is 2.87. The lowest BCUT2D eigenvalue weighted by Gasteiger charge is -2.24. The average molecular weight is 286 g/mol. The summed E-state index contributed by atoms with van der Waals surface area (Å²) in [7, 11) is -3.42. The van der Waals surface area contributed by atoms with Crippen LogP contribution in [-0.2, 0) is 14.8 Å². The summed E-state index contributed by atoms with van der Waals surface area (Å²) in [5, 5.41) is 0. The van der Waals surface area contributed by atoms with Crippen LogP contribution in [0.5, 0.6) is 0 Å². The first-order chi connectivity index (χ1) is 8.88. The van der Waals surface area contributed by atoms with Gasteiger partial charge < -0.3 is 10.5 Å². The van der Waals surface area contributed by atoms with Crippen molar-refractivity contribution in [2.24, 2.45) is 0 Å². The lowest BCUT2D eigenvalue weighted by molar-refractivity contribution is 0.0912. The molecule has 1 rings (SSSR count). The van der Waals surface area contributed by atoms with Crippen molar-refractivity contribution in [1.29, 1.82) is 0 Å². The Labute approximate surface area is 115 Å². The maximum atomic E-state index is 12.3. The second-order valence-corrected chi connectivity index (χ2v) is 6.47. The smallest absolute Gasteiger partial charge is 0.237 e. The largest absolute Gasteiger partial charge is 0.397 e. The molecule has 1 aromatic rings. The predicted molar refractivity (Wildman–Crippen MR) is 78.7 cm³/mol. The average Bonchev–Trinajstić information content (AvgIpc) is 2.31. The minimum absolute atomic E-state index is 0.0204. The minimum atomic E-state index is -3.42. The molecule has 0 aliphatic rings. The van der Waals surface area contributed by atoms with Gasteiger partial charge in [0.2, 0.25) is 10.0 Å². The monoisotopic (exact) mass is 286 g/mol. The Morgan fingerprint density at radius 3 is 2.47 bits per heavy atom. The van der Waals surface area contributed by atoms with E-state index in [2.05, 4.69) is 0 Å². The van der Waals surface area contributed by atoms with Crippen LogP contribution in [0.25, 0.3) is 0 Å². The van der Waals surface area contributed by atoms with Crippen molar-refractivity contribution < 1.29 is 13.2 Å². The van der Waals surface area contributed by atoms with Gasteiger partial charge in [-0.25, -0.2) is 8.42 Å². The van der Waals surface area contributed by atoms with E-state index in [1.165, 1.54) is 4.31 Å². The predicted octanol–water partition coefficient (Wildman–Crippen LogP) is 1.85. The van der Waals surface area contributed by atoms with Crippen LogP contribution < -0.4 is 10.0 Å². The normalized spacial score (nSPS) is 11.8. The SMILES string of the molecule is CCN(c1ccccc1N)S(=O)(=O)CCOC(C)C. The summed E-state index contributed by atoms with van der Waals surface area (Å²) in [5.74, 6) is -0.0483. The summed E-state index contributed by atoms with van der Waals surface area (Å²) in [6, 6.07) is 6.95. The van der Waals surface area contributed by atoms with Crippen LogP contribution in [0.3, 0.4) is 0 Å². The van der Waals surface area contributed by atoms with Gasteiger partial charge in [-0.15, -0.1) is 0 Å². The molecule has 0 heterocycles. The molecule has 0 bridgehead atoms. The minimum Gasteiger partial charge on any atom is -0.397 e. The topological polar surface area (TPSA) is 72.6 Å². The van der Waals surface area contributed by atoms with Gasteiger partial charge in [-0.3, -0.25) is 4.31 Å². The van der Waals surface area contributed by atoms with Crippen LogP contribution in [0.4, 0.5) is 11.4 Å². The van der Waals surface area contributed by atoms with Crippen molar-refractivity contribution in [3.05, 3.63) is 24.3 Å². The molecule has 2 N–H and O–H groups in total. The van der Waals surface area contributed by atoms with Crippen molar-refractivity contribution in [3.8, 4) is 0 Å². The van der Waals surface area contributed by atoms with Crippen LogP contribution in [-0.4, -0.2) is 33.4 Å². The molecular weight excluding hydrogens is 264 g/mol. The molecular formula is C13H22N2O3S. The van der Waals surface area contributed by atoms with Gasteiger partial charge in [0.25, 0.3) is 0 Å². The molecule has 0 unspecified atom stereocenters. The Kier molecular flexibility index (Phi) is 5.62. The lowest BCUT2D eigenvalue weighted by Crippen LogP contribution is -2.35. The number of nitrogens with two attached hydrogens (primary N) is 1. The highest BCUT2D eigenvalue weighted by molar-refractivity contribution is 7.92. The lowest BCUT2D eigenvalue weighted by atomic mass is 10.3. The van der Waals surface area contributed by atoms with Crippen molar-refractivity contribution in [2.45, 2.75) is 26.9 Å².